The van der Waals surface area contributed by atoms with Crippen LogP contribution in [0.4, 0.5) is 28.0 Å². The average Bonchev–Trinajstić information content (AvgIpc) is 2.94. The molecule has 36 heavy (non-hydrogen) atoms. The van der Waals surface area contributed by atoms with E-state index in [2.05, 4.69) is 19.4 Å². The summed E-state index contributed by atoms with van der Waals surface area (Å²) in [4.78, 5) is 21.2. The molecule has 4 rings (SSSR count). The van der Waals surface area contributed by atoms with Crippen LogP contribution in [0.1, 0.15) is 25.7 Å². The molecular weight excluding hydrogens is 504 g/mol. The number of benzene rings is 2. The van der Waals surface area contributed by atoms with E-state index in [0.29, 0.717) is 40.9 Å². The second-order valence-corrected chi connectivity index (χ2v) is 10.00. The van der Waals surface area contributed by atoms with Gasteiger partial charge in [-0.25, -0.2) is 9.18 Å². The minimum Gasteiger partial charge on any atom is -0.542 e. The molecule has 2 fully saturated rings. The molecule has 6 nitrogen and oxygen atoms in total. The molecule has 196 valence electrons. The van der Waals surface area contributed by atoms with E-state index in [1.54, 1.807) is 18.2 Å². The van der Waals surface area contributed by atoms with E-state index in [4.69, 9.17) is 26.2 Å². The second kappa shape index (κ2) is 11.0. The van der Waals surface area contributed by atoms with Crippen molar-refractivity contribution in [1.29, 1.82) is 0 Å². The normalized spacial score (nSPS) is 22.2. The van der Waals surface area contributed by atoms with Crippen LogP contribution in [-0.2, 0) is 9.53 Å². The third-order valence-electron chi connectivity index (χ3n) is 6.96. The van der Waals surface area contributed by atoms with Gasteiger partial charge in [0.2, 0.25) is 0 Å². The van der Waals surface area contributed by atoms with Crippen LogP contribution in [0.15, 0.2) is 42.5 Å². The fourth-order valence-electron chi connectivity index (χ4n) is 5.00. The summed E-state index contributed by atoms with van der Waals surface area (Å²) in [5.41, 5.74) is 1.87. The predicted octanol–water partition coefficient (Wildman–Crippen LogP) is 5.01. The van der Waals surface area contributed by atoms with Crippen LogP contribution in [0.5, 0.6) is 0 Å². The van der Waals surface area contributed by atoms with Crippen molar-refractivity contribution < 1.29 is 41.5 Å². The summed E-state index contributed by atoms with van der Waals surface area (Å²) in [6, 6.07) is 12.9. The molecule has 0 aromatic heterocycles. The van der Waals surface area contributed by atoms with Crippen molar-refractivity contribution >= 4 is 29.4 Å². The van der Waals surface area contributed by atoms with Crippen molar-refractivity contribution in [3.05, 3.63) is 53.3 Å². The number of carbonyl (C=O) groups excluding carboxylic acids is 2. The van der Waals surface area contributed by atoms with Gasteiger partial charge in [0.1, 0.15) is 11.8 Å². The number of quaternary nitrogens is 1. The van der Waals surface area contributed by atoms with Gasteiger partial charge in [-0.15, -0.1) is 0 Å². The first-order valence-electron chi connectivity index (χ1n) is 11.4. The topological polar surface area (TPSA) is 78.5 Å². The third kappa shape index (κ3) is 6.88. The summed E-state index contributed by atoms with van der Waals surface area (Å²) in [5, 5.41) is 12.1. The highest BCUT2D eigenvalue weighted by Crippen LogP contribution is 2.42. The van der Waals surface area contributed by atoms with Gasteiger partial charge in [-0.1, -0.05) is 23.7 Å². The number of aliphatic carboxylic acids is 1. The van der Waals surface area contributed by atoms with Crippen molar-refractivity contribution in [1.82, 2.24) is 0 Å². The SMILES string of the molecule is C[N+]1(C)[C@@H]2CC[C@H]1CC(COC(=O)Nc1cc(F)ccc1-c1cccc(Cl)c1)C2.O=C([O-])C(F)(F)F. The number of halogens is 5. The lowest BCUT2D eigenvalue weighted by Gasteiger charge is -2.44. The van der Waals surface area contributed by atoms with E-state index in [1.165, 1.54) is 25.0 Å². The summed E-state index contributed by atoms with van der Waals surface area (Å²) >= 11 is 6.08. The van der Waals surface area contributed by atoms with Gasteiger partial charge in [0, 0.05) is 42.2 Å². The maximum Gasteiger partial charge on any atom is 0.430 e. The molecule has 0 spiro atoms. The number of hydrogen-bond donors (Lipinski definition) is 1. The summed E-state index contributed by atoms with van der Waals surface area (Å²) < 4.78 is 52.0. The molecule has 2 saturated heterocycles. The van der Waals surface area contributed by atoms with Gasteiger partial charge in [0.15, 0.2) is 0 Å². The Hall–Kier alpha value is -2.85. The molecule has 2 aliphatic heterocycles. The van der Waals surface area contributed by atoms with Gasteiger partial charge in [-0.05, 0) is 35.9 Å². The second-order valence-electron chi connectivity index (χ2n) is 9.56. The number of carbonyl (C=O) groups is 2. The van der Waals surface area contributed by atoms with Gasteiger partial charge >= 0.3 is 12.3 Å². The lowest BCUT2D eigenvalue weighted by molar-refractivity contribution is -0.931. The Kier molecular flexibility index (Phi) is 8.51. The minimum atomic E-state index is -5.19. The molecule has 2 heterocycles. The van der Waals surface area contributed by atoms with Gasteiger partial charge in [-0.3, -0.25) is 5.32 Å². The molecule has 1 N–H and O–H groups in total. The van der Waals surface area contributed by atoms with Crippen LogP contribution in [0.3, 0.4) is 0 Å². The first kappa shape index (κ1) is 27.7. The van der Waals surface area contributed by atoms with Gasteiger partial charge in [0.05, 0.1) is 38.5 Å². The van der Waals surface area contributed by atoms with Crippen LogP contribution < -0.4 is 10.4 Å². The summed E-state index contributed by atoms with van der Waals surface area (Å²) in [5.74, 6) is -3.04. The van der Waals surface area contributed by atoms with Crippen LogP contribution in [-0.4, -0.2) is 55.5 Å². The number of ether oxygens (including phenoxy) is 1. The zero-order chi connectivity index (χ0) is 26.7. The monoisotopic (exact) mass is 530 g/mol. The highest BCUT2D eigenvalue weighted by molar-refractivity contribution is 6.30. The minimum absolute atomic E-state index is 0.374. The number of anilines is 1. The molecule has 2 bridgehead atoms. The molecule has 1 amide bonds. The number of hydrogen-bond acceptors (Lipinski definition) is 4. The van der Waals surface area contributed by atoms with Crippen molar-refractivity contribution in [2.45, 2.75) is 43.9 Å². The zero-order valence-corrected chi connectivity index (χ0v) is 20.5. The molecule has 0 aliphatic carbocycles. The number of nitrogens with one attached hydrogen (secondary N) is 1. The largest absolute Gasteiger partial charge is 0.542 e. The van der Waals surface area contributed by atoms with Crippen molar-refractivity contribution in [2.75, 3.05) is 26.0 Å². The van der Waals surface area contributed by atoms with E-state index in [0.717, 1.165) is 22.9 Å². The molecule has 3 atom stereocenters. The maximum atomic E-state index is 13.8. The first-order valence-corrected chi connectivity index (χ1v) is 11.8. The number of fused-ring (bicyclic) bond motifs is 2. The van der Waals surface area contributed by atoms with Crippen LogP contribution in [0.25, 0.3) is 11.1 Å². The fraction of sp³-hybridized carbons (Fsp3) is 0.440. The molecule has 2 aromatic carbocycles. The average molecular weight is 531 g/mol. The highest BCUT2D eigenvalue weighted by Gasteiger charge is 2.48. The maximum absolute atomic E-state index is 13.8. The Labute approximate surface area is 211 Å². The molecule has 1 unspecified atom stereocenters. The fourth-order valence-corrected chi connectivity index (χ4v) is 5.19. The Bertz CT molecular complexity index is 1090. The van der Waals surface area contributed by atoms with E-state index in [-0.39, 0.29) is 0 Å². The smallest absolute Gasteiger partial charge is 0.430 e. The van der Waals surface area contributed by atoms with Crippen molar-refractivity contribution in [2.24, 2.45) is 5.92 Å². The molecule has 0 saturated carbocycles. The summed E-state index contributed by atoms with van der Waals surface area (Å²) in [7, 11) is 4.63. The number of carboxylic acid groups (broad SMARTS) is 1. The van der Waals surface area contributed by atoms with E-state index >= 15 is 0 Å². The van der Waals surface area contributed by atoms with Crippen LogP contribution >= 0.6 is 11.6 Å². The standard InChI is InChI=1S/C23H26ClFN2O2.C2HF3O2/c1-27(2)19-7-8-20(27)11-15(10-19)14-29-23(28)26-22-13-18(25)6-9-21(22)16-4-3-5-17(24)12-16;3-2(4,5)1(6)7/h3-6,9,12-13,15,19-20H,7-8,10-11,14H2,1-2H3;(H,6,7)/t15?,19-,20+;. The van der Waals surface area contributed by atoms with Crippen molar-refractivity contribution in [3.8, 4) is 11.1 Å². The van der Waals surface area contributed by atoms with Gasteiger partial charge < -0.3 is 19.1 Å². The Morgan fingerprint density at radius 1 is 1.11 bits per heavy atom. The van der Waals surface area contributed by atoms with E-state index < -0.39 is 24.1 Å². The van der Waals surface area contributed by atoms with E-state index in [1.807, 2.05) is 12.1 Å². The Morgan fingerprint density at radius 3 is 2.28 bits per heavy atom. The van der Waals surface area contributed by atoms with Gasteiger partial charge in [0.25, 0.3) is 0 Å². The molecule has 11 heteroatoms. The molecule has 2 aromatic rings. The predicted molar refractivity (Wildman–Crippen MR) is 125 cm³/mol. The molecule has 2 aliphatic rings. The zero-order valence-electron chi connectivity index (χ0n) is 19.8. The third-order valence-corrected chi connectivity index (χ3v) is 7.20. The van der Waals surface area contributed by atoms with Crippen LogP contribution in [0, 0.1) is 11.7 Å². The number of nitrogens with zero attached hydrogens (tertiary/aromatic N) is 1. The highest BCUT2D eigenvalue weighted by atomic mass is 35.5. The number of carboxylic acids is 1. The quantitative estimate of drug-likeness (QED) is 0.445. The Morgan fingerprint density at radius 2 is 1.72 bits per heavy atom. The number of alkyl halides is 3. The summed E-state index contributed by atoms with van der Waals surface area (Å²) in [6.07, 6.45) is -1.06. The van der Waals surface area contributed by atoms with E-state index in [9.17, 15) is 22.4 Å². The van der Waals surface area contributed by atoms with Crippen LogP contribution in [0.2, 0.25) is 5.02 Å². The number of amides is 1. The van der Waals surface area contributed by atoms with Gasteiger partial charge in [-0.2, -0.15) is 13.2 Å². The van der Waals surface area contributed by atoms with Crippen molar-refractivity contribution in [3.63, 3.8) is 0 Å². The molecular formula is C25H27ClF4N2O4. The lowest BCUT2D eigenvalue weighted by atomic mass is 9.90. The Balaban J connectivity index is 0.000000454. The first-order chi connectivity index (χ1) is 16.8. The molecule has 0 radical (unpaired) electrons. The number of piperidine rings is 1. The summed E-state index contributed by atoms with van der Waals surface area (Å²) in [6.45, 7) is 0.403. The number of rotatable bonds is 4. The lowest BCUT2D eigenvalue weighted by Crippen LogP contribution is -2.55.